The number of nitrogens with zero attached hydrogens (tertiary/aromatic N) is 5. The summed E-state index contributed by atoms with van der Waals surface area (Å²) in [5, 5.41) is 10.7. The summed E-state index contributed by atoms with van der Waals surface area (Å²) >= 11 is 0. The Hall–Kier alpha value is -2.91. The van der Waals surface area contributed by atoms with Crippen molar-refractivity contribution in [1.29, 1.82) is 0 Å². The van der Waals surface area contributed by atoms with Gasteiger partial charge in [0.1, 0.15) is 5.69 Å². The highest BCUT2D eigenvalue weighted by molar-refractivity contribution is 5.93. The van der Waals surface area contributed by atoms with Crippen LogP contribution in [0.2, 0.25) is 0 Å². The molecule has 4 rings (SSSR count). The Morgan fingerprint density at radius 1 is 1.32 bits per heavy atom. The van der Waals surface area contributed by atoms with Crippen molar-refractivity contribution < 1.29 is 18.0 Å². The van der Waals surface area contributed by atoms with Crippen molar-refractivity contribution in [2.75, 3.05) is 6.54 Å². The number of nitrogens with one attached hydrogen (secondary N) is 1. The Morgan fingerprint density at radius 3 is 2.75 bits per heavy atom. The van der Waals surface area contributed by atoms with Crippen LogP contribution in [0.15, 0.2) is 24.4 Å². The van der Waals surface area contributed by atoms with Crippen molar-refractivity contribution in [1.82, 2.24) is 29.7 Å². The van der Waals surface area contributed by atoms with E-state index in [0.29, 0.717) is 29.7 Å². The zero-order chi connectivity index (χ0) is 19.9. The Bertz CT molecular complexity index is 1020. The predicted octanol–water partition coefficient (Wildman–Crippen LogP) is 2.95. The van der Waals surface area contributed by atoms with E-state index < -0.39 is 17.8 Å². The fraction of sp³-hybridized carbons (Fsp3) is 0.444. The summed E-state index contributed by atoms with van der Waals surface area (Å²) in [6.07, 6.45) is -0.577. The lowest BCUT2D eigenvalue weighted by molar-refractivity contribution is -0.142. The number of amides is 1. The maximum absolute atomic E-state index is 13.4. The van der Waals surface area contributed by atoms with Crippen LogP contribution in [0.1, 0.15) is 52.8 Å². The van der Waals surface area contributed by atoms with Gasteiger partial charge in [-0.25, -0.2) is 9.50 Å². The molecule has 0 aliphatic heterocycles. The second-order valence-corrected chi connectivity index (χ2v) is 6.94. The van der Waals surface area contributed by atoms with Gasteiger partial charge in [-0.1, -0.05) is 0 Å². The van der Waals surface area contributed by atoms with E-state index >= 15 is 0 Å². The molecule has 10 heteroatoms. The van der Waals surface area contributed by atoms with Crippen LogP contribution >= 0.6 is 0 Å². The molecule has 0 bridgehead atoms. The zero-order valence-corrected chi connectivity index (χ0v) is 15.2. The second-order valence-electron chi connectivity index (χ2n) is 6.94. The van der Waals surface area contributed by atoms with Crippen molar-refractivity contribution in [3.63, 3.8) is 0 Å². The molecule has 0 unspecified atom stereocenters. The number of rotatable bonds is 6. The lowest BCUT2D eigenvalue weighted by atomic mass is 10.2. The monoisotopic (exact) mass is 392 g/mol. The van der Waals surface area contributed by atoms with Gasteiger partial charge in [0.05, 0.1) is 0 Å². The van der Waals surface area contributed by atoms with Crippen LogP contribution in [-0.2, 0) is 12.7 Å². The highest BCUT2D eigenvalue weighted by atomic mass is 19.4. The first kappa shape index (κ1) is 18.5. The van der Waals surface area contributed by atoms with Crippen LogP contribution in [0.5, 0.6) is 0 Å². The topological polar surface area (TPSA) is 77.1 Å². The summed E-state index contributed by atoms with van der Waals surface area (Å²) in [7, 11) is 0. The molecule has 0 saturated heterocycles. The number of aromatic nitrogens is 5. The normalized spacial score (nSPS) is 14.6. The van der Waals surface area contributed by atoms with E-state index in [1.807, 2.05) is 17.7 Å². The summed E-state index contributed by atoms with van der Waals surface area (Å²) in [6.45, 7) is 2.93. The molecular formula is C18H19F3N6O. The molecule has 1 fully saturated rings. The second kappa shape index (κ2) is 6.92. The Kier molecular flexibility index (Phi) is 4.56. The number of carbonyl (C=O) groups excluding carboxylic acids is 1. The summed E-state index contributed by atoms with van der Waals surface area (Å²) in [4.78, 5) is 16.6. The Labute approximate surface area is 158 Å². The van der Waals surface area contributed by atoms with Gasteiger partial charge in [-0.15, -0.1) is 0 Å². The smallest absolute Gasteiger partial charge is 0.351 e. The molecule has 1 saturated carbocycles. The quantitative estimate of drug-likeness (QED) is 0.655. The first-order chi connectivity index (χ1) is 13.3. The van der Waals surface area contributed by atoms with E-state index in [0.717, 1.165) is 24.6 Å². The van der Waals surface area contributed by atoms with Gasteiger partial charge in [0.2, 0.25) is 0 Å². The Balaban J connectivity index is 1.49. The highest BCUT2D eigenvalue weighted by Crippen LogP contribution is 2.41. The SMILES string of the molecule is Cc1ccnn1CCCNC(=O)c1cc2nc(C3CC3)cc(C(F)(F)F)n2n1. The van der Waals surface area contributed by atoms with Gasteiger partial charge >= 0.3 is 6.18 Å². The van der Waals surface area contributed by atoms with E-state index in [1.54, 1.807) is 6.20 Å². The molecule has 7 nitrogen and oxygen atoms in total. The lowest BCUT2D eigenvalue weighted by Gasteiger charge is -2.10. The first-order valence-corrected chi connectivity index (χ1v) is 9.07. The number of halogens is 3. The third-order valence-electron chi connectivity index (χ3n) is 4.73. The molecule has 0 aromatic carbocycles. The molecule has 1 amide bonds. The number of hydrogen-bond donors (Lipinski definition) is 1. The van der Waals surface area contributed by atoms with Gasteiger partial charge in [0.15, 0.2) is 11.3 Å². The van der Waals surface area contributed by atoms with E-state index in [2.05, 4.69) is 20.5 Å². The zero-order valence-electron chi connectivity index (χ0n) is 15.2. The fourth-order valence-electron chi connectivity index (χ4n) is 3.05. The average Bonchev–Trinajstić information content (AvgIpc) is 3.27. The summed E-state index contributed by atoms with van der Waals surface area (Å²) in [5.41, 5.74) is 0.466. The van der Waals surface area contributed by atoms with Crippen molar-refractivity contribution in [3.8, 4) is 0 Å². The van der Waals surface area contributed by atoms with Crippen molar-refractivity contribution in [3.05, 3.63) is 47.2 Å². The van der Waals surface area contributed by atoms with Gasteiger partial charge in [-0.2, -0.15) is 23.4 Å². The van der Waals surface area contributed by atoms with Crippen molar-refractivity contribution >= 4 is 11.6 Å². The van der Waals surface area contributed by atoms with E-state index in [9.17, 15) is 18.0 Å². The van der Waals surface area contributed by atoms with Crippen molar-refractivity contribution in [2.24, 2.45) is 0 Å². The predicted molar refractivity (Wildman–Crippen MR) is 93.9 cm³/mol. The lowest BCUT2D eigenvalue weighted by Crippen LogP contribution is -2.26. The minimum Gasteiger partial charge on any atom is -0.351 e. The van der Waals surface area contributed by atoms with E-state index in [1.165, 1.54) is 6.07 Å². The minimum absolute atomic E-state index is 0.0361. The number of carbonyl (C=O) groups is 1. The van der Waals surface area contributed by atoms with Crippen molar-refractivity contribution in [2.45, 2.75) is 44.8 Å². The van der Waals surface area contributed by atoms with Gasteiger partial charge in [0.25, 0.3) is 5.91 Å². The summed E-state index contributed by atoms with van der Waals surface area (Å²) in [5.74, 6) is -0.465. The molecule has 0 radical (unpaired) electrons. The van der Waals surface area contributed by atoms with Gasteiger partial charge in [0, 0.05) is 42.7 Å². The van der Waals surface area contributed by atoms with Crippen LogP contribution in [-0.4, -0.2) is 36.8 Å². The molecule has 1 aliphatic rings. The van der Waals surface area contributed by atoms with Crippen LogP contribution < -0.4 is 5.32 Å². The molecule has 1 N–H and O–H groups in total. The molecule has 3 heterocycles. The first-order valence-electron chi connectivity index (χ1n) is 9.07. The molecule has 3 aromatic rings. The number of hydrogen-bond acceptors (Lipinski definition) is 4. The molecule has 28 heavy (non-hydrogen) atoms. The molecule has 148 valence electrons. The molecule has 1 aliphatic carbocycles. The van der Waals surface area contributed by atoms with Crippen LogP contribution in [0.25, 0.3) is 5.65 Å². The maximum atomic E-state index is 13.4. The van der Waals surface area contributed by atoms with E-state index in [-0.39, 0.29) is 17.3 Å². The average molecular weight is 392 g/mol. The molecule has 0 spiro atoms. The van der Waals surface area contributed by atoms with Crippen LogP contribution in [0, 0.1) is 6.92 Å². The molecule has 3 aromatic heterocycles. The fourth-order valence-corrected chi connectivity index (χ4v) is 3.05. The molecular weight excluding hydrogens is 373 g/mol. The number of alkyl halides is 3. The largest absolute Gasteiger partial charge is 0.433 e. The van der Waals surface area contributed by atoms with Gasteiger partial charge in [-0.05, 0) is 38.3 Å². The molecule has 0 atom stereocenters. The van der Waals surface area contributed by atoms with Gasteiger partial charge < -0.3 is 5.32 Å². The third-order valence-corrected chi connectivity index (χ3v) is 4.73. The van der Waals surface area contributed by atoms with E-state index in [4.69, 9.17) is 0 Å². The summed E-state index contributed by atoms with van der Waals surface area (Å²) < 4.78 is 42.7. The number of aryl methyl sites for hydroxylation is 2. The standard InChI is InChI=1S/C18H19F3N6O/c1-11-5-7-23-26(11)8-2-6-22-17(28)14-10-16-24-13(12-3-4-12)9-15(18(19,20)21)27(16)25-14/h5,7,9-10,12H,2-4,6,8H2,1H3,(H,22,28). The maximum Gasteiger partial charge on any atom is 0.433 e. The number of fused-ring (bicyclic) bond motifs is 1. The Morgan fingerprint density at radius 2 is 2.11 bits per heavy atom. The minimum atomic E-state index is -4.58. The van der Waals surface area contributed by atoms with Crippen LogP contribution in [0.4, 0.5) is 13.2 Å². The highest BCUT2D eigenvalue weighted by Gasteiger charge is 2.37. The third kappa shape index (κ3) is 3.71. The van der Waals surface area contributed by atoms with Crippen LogP contribution in [0.3, 0.4) is 0 Å². The summed E-state index contributed by atoms with van der Waals surface area (Å²) in [6, 6.07) is 4.22. The van der Waals surface area contributed by atoms with Gasteiger partial charge in [-0.3, -0.25) is 9.48 Å².